The Labute approximate surface area is 222 Å². The summed E-state index contributed by atoms with van der Waals surface area (Å²) in [6, 6.07) is 22.8. The Morgan fingerprint density at radius 1 is 0.919 bits per heavy atom. The number of ether oxygens (including phenoxy) is 1. The first kappa shape index (κ1) is 26.3. The molecule has 8 nitrogen and oxygen atoms in total. The van der Waals surface area contributed by atoms with E-state index in [-0.39, 0.29) is 21.2 Å². The van der Waals surface area contributed by atoms with Gasteiger partial charge in [-0.2, -0.15) is 5.10 Å². The third-order valence-electron chi connectivity index (χ3n) is 5.14. The number of hydrogen-bond acceptors (Lipinski definition) is 6. The van der Waals surface area contributed by atoms with Crippen molar-refractivity contribution in [3.05, 3.63) is 106 Å². The molecule has 0 atom stereocenters. The standard InChI is InChI=1S/C26H19Cl2N3O5S/c27-18-11-12-21(23(28)14-18)26(33)36-24-13-10-17-6-4-5-9-20(17)22(24)15-29-31-25(32)16-30-37(34,35)19-7-2-1-3-8-19/h1-15,30H,16H2,(H,31,32). The maximum Gasteiger partial charge on any atom is 0.345 e. The number of rotatable bonds is 8. The first-order chi connectivity index (χ1) is 17.7. The minimum atomic E-state index is -3.85. The van der Waals surface area contributed by atoms with Crippen molar-refractivity contribution in [2.75, 3.05) is 6.54 Å². The molecule has 11 heteroatoms. The van der Waals surface area contributed by atoms with Crippen LogP contribution in [0.2, 0.25) is 10.0 Å². The van der Waals surface area contributed by atoms with E-state index in [1.807, 2.05) is 12.1 Å². The molecule has 1 amide bonds. The molecule has 0 aliphatic carbocycles. The molecule has 0 spiro atoms. The zero-order valence-corrected chi connectivity index (χ0v) is 21.3. The van der Waals surface area contributed by atoms with Crippen LogP contribution < -0.4 is 14.9 Å². The molecular formula is C26H19Cl2N3O5S. The first-order valence-corrected chi connectivity index (χ1v) is 13.0. The van der Waals surface area contributed by atoms with Crippen LogP contribution in [0.3, 0.4) is 0 Å². The first-order valence-electron chi connectivity index (χ1n) is 10.8. The smallest absolute Gasteiger partial charge is 0.345 e. The van der Waals surface area contributed by atoms with Crippen LogP contribution in [0, 0.1) is 0 Å². The second kappa shape index (κ2) is 11.5. The van der Waals surface area contributed by atoms with Gasteiger partial charge in [0.25, 0.3) is 5.91 Å². The van der Waals surface area contributed by atoms with Crippen LogP contribution in [-0.4, -0.2) is 33.1 Å². The summed E-state index contributed by atoms with van der Waals surface area (Å²) in [5, 5.41) is 6.00. The van der Waals surface area contributed by atoms with Crippen LogP contribution >= 0.6 is 23.2 Å². The fourth-order valence-electron chi connectivity index (χ4n) is 3.36. The quantitative estimate of drug-likeness (QED) is 0.140. The van der Waals surface area contributed by atoms with E-state index in [1.54, 1.807) is 42.5 Å². The van der Waals surface area contributed by atoms with Gasteiger partial charge in [0, 0.05) is 10.6 Å². The van der Waals surface area contributed by atoms with Crippen LogP contribution in [0.25, 0.3) is 10.8 Å². The molecule has 4 rings (SSSR count). The maximum absolute atomic E-state index is 12.8. The zero-order chi connectivity index (χ0) is 26.4. The SMILES string of the molecule is O=C(CNS(=O)(=O)c1ccccc1)NN=Cc1c(OC(=O)c2ccc(Cl)cc2Cl)ccc2ccccc12. The van der Waals surface area contributed by atoms with Crippen LogP contribution in [0.15, 0.2) is 94.9 Å². The monoisotopic (exact) mass is 555 g/mol. The summed E-state index contributed by atoms with van der Waals surface area (Å²) >= 11 is 12.0. The molecule has 0 saturated carbocycles. The van der Waals surface area contributed by atoms with Gasteiger partial charge in [-0.15, -0.1) is 0 Å². The number of hydrazone groups is 1. The lowest BCUT2D eigenvalue weighted by Gasteiger charge is -2.11. The highest BCUT2D eigenvalue weighted by atomic mass is 35.5. The number of nitrogens with zero attached hydrogens (tertiary/aromatic N) is 1. The second-order valence-corrected chi connectivity index (χ2v) is 10.3. The predicted molar refractivity (Wildman–Crippen MR) is 143 cm³/mol. The number of nitrogens with one attached hydrogen (secondary N) is 2. The number of sulfonamides is 1. The van der Waals surface area contributed by atoms with Crippen molar-refractivity contribution in [1.29, 1.82) is 0 Å². The highest BCUT2D eigenvalue weighted by molar-refractivity contribution is 7.89. The molecule has 0 aromatic heterocycles. The van der Waals surface area contributed by atoms with E-state index in [1.165, 1.54) is 36.5 Å². The Kier molecular flexibility index (Phi) is 8.20. The van der Waals surface area contributed by atoms with Crippen LogP contribution in [0.1, 0.15) is 15.9 Å². The molecule has 4 aromatic carbocycles. The van der Waals surface area contributed by atoms with Gasteiger partial charge in [0.2, 0.25) is 10.0 Å². The number of benzene rings is 4. The van der Waals surface area contributed by atoms with Crippen molar-refractivity contribution in [2.24, 2.45) is 5.10 Å². The molecule has 188 valence electrons. The largest absolute Gasteiger partial charge is 0.422 e. The number of carbonyl (C=O) groups is 2. The molecule has 0 aliphatic rings. The number of esters is 1. The lowest BCUT2D eigenvalue weighted by Crippen LogP contribution is -2.34. The van der Waals surface area contributed by atoms with Gasteiger partial charge in [0.05, 0.1) is 28.2 Å². The molecule has 2 N–H and O–H groups in total. The van der Waals surface area contributed by atoms with E-state index in [9.17, 15) is 18.0 Å². The number of amides is 1. The van der Waals surface area contributed by atoms with E-state index in [0.717, 1.165) is 5.39 Å². The number of carbonyl (C=O) groups excluding carboxylic acids is 2. The number of hydrogen-bond donors (Lipinski definition) is 2. The fraction of sp³-hybridized carbons (Fsp3) is 0.0385. The summed E-state index contributed by atoms with van der Waals surface area (Å²) in [6.45, 7) is -0.527. The lowest BCUT2D eigenvalue weighted by atomic mass is 10.0. The van der Waals surface area contributed by atoms with Crippen LogP contribution in [0.5, 0.6) is 5.75 Å². The number of fused-ring (bicyclic) bond motifs is 1. The van der Waals surface area contributed by atoms with Crippen LogP contribution in [0.4, 0.5) is 0 Å². The Bertz CT molecular complexity index is 1610. The van der Waals surface area contributed by atoms with Gasteiger partial charge in [-0.1, -0.05) is 71.7 Å². The molecule has 0 bridgehead atoms. The minimum Gasteiger partial charge on any atom is -0.422 e. The van der Waals surface area contributed by atoms with E-state index < -0.39 is 28.4 Å². The summed E-state index contributed by atoms with van der Waals surface area (Å²) in [6.07, 6.45) is 1.32. The lowest BCUT2D eigenvalue weighted by molar-refractivity contribution is -0.119. The third-order valence-corrected chi connectivity index (χ3v) is 7.11. The highest BCUT2D eigenvalue weighted by Crippen LogP contribution is 2.29. The highest BCUT2D eigenvalue weighted by Gasteiger charge is 2.17. The molecule has 0 fully saturated rings. The van der Waals surface area contributed by atoms with Crippen molar-refractivity contribution in [3.8, 4) is 5.75 Å². The van der Waals surface area contributed by atoms with E-state index in [2.05, 4.69) is 15.2 Å². The number of halogens is 2. The van der Waals surface area contributed by atoms with Gasteiger partial charge < -0.3 is 4.74 Å². The van der Waals surface area contributed by atoms with Crippen molar-refractivity contribution < 1.29 is 22.7 Å². The van der Waals surface area contributed by atoms with Crippen molar-refractivity contribution >= 4 is 62.1 Å². The molecular weight excluding hydrogens is 537 g/mol. The van der Waals surface area contributed by atoms with Crippen LogP contribution in [-0.2, 0) is 14.8 Å². The van der Waals surface area contributed by atoms with Gasteiger partial charge in [-0.25, -0.2) is 23.4 Å². The van der Waals surface area contributed by atoms with E-state index in [4.69, 9.17) is 27.9 Å². The van der Waals surface area contributed by atoms with E-state index in [0.29, 0.717) is 16.0 Å². The van der Waals surface area contributed by atoms with Gasteiger partial charge >= 0.3 is 5.97 Å². The summed E-state index contributed by atoms with van der Waals surface area (Å²) in [4.78, 5) is 25.0. The van der Waals surface area contributed by atoms with Gasteiger partial charge in [-0.05, 0) is 47.2 Å². The predicted octanol–water partition coefficient (Wildman–Crippen LogP) is 4.79. The van der Waals surface area contributed by atoms with Crippen molar-refractivity contribution in [1.82, 2.24) is 10.1 Å². The van der Waals surface area contributed by atoms with Crippen molar-refractivity contribution in [3.63, 3.8) is 0 Å². The summed E-state index contributed by atoms with van der Waals surface area (Å²) in [7, 11) is -3.85. The molecule has 0 saturated heterocycles. The van der Waals surface area contributed by atoms with Gasteiger partial charge in [-0.3, -0.25) is 4.79 Å². The van der Waals surface area contributed by atoms with Crippen molar-refractivity contribution in [2.45, 2.75) is 4.90 Å². The third kappa shape index (κ3) is 6.52. The Balaban J connectivity index is 1.51. The summed E-state index contributed by atoms with van der Waals surface area (Å²) in [5.74, 6) is -1.22. The molecule has 0 heterocycles. The van der Waals surface area contributed by atoms with E-state index >= 15 is 0 Å². The Morgan fingerprint density at radius 3 is 2.41 bits per heavy atom. The molecule has 37 heavy (non-hydrogen) atoms. The normalized spacial score (nSPS) is 11.5. The Morgan fingerprint density at radius 2 is 1.65 bits per heavy atom. The average Bonchev–Trinajstić information content (AvgIpc) is 2.89. The molecule has 4 aromatic rings. The average molecular weight is 556 g/mol. The second-order valence-electron chi connectivity index (χ2n) is 7.64. The fourth-order valence-corrected chi connectivity index (χ4v) is 4.85. The molecule has 0 radical (unpaired) electrons. The Hall–Kier alpha value is -3.76. The van der Waals surface area contributed by atoms with Gasteiger partial charge in [0.15, 0.2) is 0 Å². The summed E-state index contributed by atoms with van der Waals surface area (Å²) < 4.78 is 32.4. The molecule has 0 unspecified atom stereocenters. The van der Waals surface area contributed by atoms with Gasteiger partial charge in [0.1, 0.15) is 5.75 Å². The maximum atomic E-state index is 12.8. The topological polar surface area (TPSA) is 114 Å². The molecule has 0 aliphatic heterocycles. The zero-order valence-electron chi connectivity index (χ0n) is 19.0. The summed E-state index contributed by atoms with van der Waals surface area (Å²) in [5.41, 5.74) is 2.82. The minimum absolute atomic E-state index is 0.0364.